The van der Waals surface area contributed by atoms with E-state index in [0.29, 0.717) is 49.5 Å². The first kappa shape index (κ1) is 26.5. The molecule has 0 bridgehead atoms. The number of fused-ring (bicyclic) bond motifs is 1. The van der Waals surface area contributed by atoms with Gasteiger partial charge in [0.05, 0.1) is 12.3 Å². The monoisotopic (exact) mass is 504 g/mol. The number of nitrogens with zero attached hydrogens (tertiary/aromatic N) is 2. The van der Waals surface area contributed by atoms with Crippen LogP contribution in [-0.4, -0.2) is 39.5 Å². The molecule has 1 unspecified atom stereocenters. The number of aryl methyl sites for hydroxylation is 1. The Labute approximate surface area is 218 Å². The highest BCUT2D eigenvalue weighted by Crippen LogP contribution is 2.37. The van der Waals surface area contributed by atoms with E-state index in [1.807, 2.05) is 56.3 Å². The molecule has 0 radical (unpaired) electrons. The van der Waals surface area contributed by atoms with Gasteiger partial charge in [0, 0.05) is 24.4 Å². The highest BCUT2D eigenvalue weighted by Gasteiger charge is 2.40. The molecule has 1 aliphatic rings. The van der Waals surface area contributed by atoms with Crippen molar-refractivity contribution in [2.45, 2.75) is 77.8 Å². The number of hydrogen-bond acceptors (Lipinski definition) is 5. The Kier molecular flexibility index (Phi) is 8.64. The zero-order valence-electron chi connectivity index (χ0n) is 21.9. The van der Waals surface area contributed by atoms with Crippen molar-refractivity contribution < 1.29 is 23.8 Å². The lowest BCUT2D eigenvalue weighted by atomic mass is 9.86. The molecule has 1 aliphatic heterocycles. The number of carbonyl (C=O) groups is 2. The summed E-state index contributed by atoms with van der Waals surface area (Å²) in [5, 5.41) is 10.2. The van der Waals surface area contributed by atoms with E-state index in [-0.39, 0.29) is 11.9 Å². The maximum Gasteiger partial charge on any atom is 0.331 e. The molecule has 7 nitrogen and oxygen atoms in total. The maximum atomic E-state index is 13.1. The summed E-state index contributed by atoms with van der Waals surface area (Å²) in [6.07, 6.45) is 5.04. The SMILES string of the molecule is CCCCCC(=O)N1C(C(=O)O)c2cc(OCCc3nc(-c4ccccc4)oc3C)ccc2C[C@@H]1CC. The summed E-state index contributed by atoms with van der Waals surface area (Å²) in [4.78, 5) is 31.8. The van der Waals surface area contributed by atoms with Crippen molar-refractivity contribution in [3.8, 4) is 17.2 Å². The summed E-state index contributed by atoms with van der Waals surface area (Å²) in [6, 6.07) is 14.2. The van der Waals surface area contributed by atoms with Crippen molar-refractivity contribution in [1.82, 2.24) is 9.88 Å². The molecule has 1 aromatic heterocycles. The fraction of sp³-hybridized carbons (Fsp3) is 0.433. The van der Waals surface area contributed by atoms with Crippen LogP contribution in [0.25, 0.3) is 11.5 Å². The van der Waals surface area contributed by atoms with Crippen LogP contribution < -0.4 is 4.74 Å². The van der Waals surface area contributed by atoms with Crippen LogP contribution in [0.2, 0.25) is 0 Å². The molecule has 0 fully saturated rings. The third-order valence-electron chi connectivity index (χ3n) is 7.05. The minimum atomic E-state index is -1.01. The number of aromatic nitrogens is 1. The molecule has 0 spiro atoms. The van der Waals surface area contributed by atoms with Crippen molar-refractivity contribution in [3.63, 3.8) is 0 Å². The summed E-state index contributed by atoms with van der Waals surface area (Å²) in [6.45, 7) is 6.36. The van der Waals surface area contributed by atoms with Gasteiger partial charge in [-0.25, -0.2) is 9.78 Å². The van der Waals surface area contributed by atoms with Crippen molar-refractivity contribution in [1.29, 1.82) is 0 Å². The van der Waals surface area contributed by atoms with Gasteiger partial charge in [-0.3, -0.25) is 4.79 Å². The van der Waals surface area contributed by atoms with Gasteiger partial charge in [-0.15, -0.1) is 0 Å². The summed E-state index contributed by atoms with van der Waals surface area (Å²) >= 11 is 0. The molecule has 2 heterocycles. The first-order valence-electron chi connectivity index (χ1n) is 13.2. The lowest BCUT2D eigenvalue weighted by Crippen LogP contribution is -2.49. The molecule has 196 valence electrons. The number of amides is 1. The zero-order chi connectivity index (χ0) is 26.4. The summed E-state index contributed by atoms with van der Waals surface area (Å²) in [7, 11) is 0. The van der Waals surface area contributed by atoms with Gasteiger partial charge in [-0.05, 0) is 61.6 Å². The lowest BCUT2D eigenvalue weighted by Gasteiger charge is -2.41. The Morgan fingerprint density at radius 3 is 2.62 bits per heavy atom. The number of aliphatic carboxylic acids is 1. The Bertz CT molecular complexity index is 1220. The van der Waals surface area contributed by atoms with E-state index in [1.165, 1.54) is 0 Å². The van der Waals surface area contributed by atoms with Crippen molar-refractivity contribution in [3.05, 3.63) is 71.1 Å². The standard InChI is InChI=1S/C30H36N2O5/c1-4-6-8-13-27(33)32-23(5-2)18-22-14-15-24(19-25(22)28(32)30(34)35)36-17-16-26-20(3)37-29(31-26)21-11-9-7-10-12-21/h7,9-12,14-15,19,23,28H,4-6,8,13,16-18H2,1-3H3,(H,34,35)/t23-,28?/m0/s1. The van der Waals surface area contributed by atoms with Gasteiger partial charge in [-0.2, -0.15) is 0 Å². The number of ether oxygens (including phenoxy) is 1. The number of carbonyl (C=O) groups excluding carboxylic acids is 1. The molecule has 37 heavy (non-hydrogen) atoms. The van der Waals surface area contributed by atoms with E-state index in [2.05, 4.69) is 11.9 Å². The number of benzene rings is 2. The van der Waals surface area contributed by atoms with Crippen LogP contribution in [-0.2, 0) is 22.4 Å². The van der Waals surface area contributed by atoms with Crippen molar-refractivity contribution >= 4 is 11.9 Å². The predicted octanol–water partition coefficient (Wildman–Crippen LogP) is 6.14. The van der Waals surface area contributed by atoms with Crippen LogP contribution in [0.5, 0.6) is 5.75 Å². The zero-order valence-corrected chi connectivity index (χ0v) is 21.9. The topological polar surface area (TPSA) is 92.9 Å². The summed E-state index contributed by atoms with van der Waals surface area (Å²) < 4.78 is 11.9. The molecule has 4 rings (SSSR count). The van der Waals surface area contributed by atoms with E-state index < -0.39 is 12.0 Å². The smallest absolute Gasteiger partial charge is 0.331 e. The second-order valence-corrected chi connectivity index (χ2v) is 9.61. The van der Waals surface area contributed by atoms with Gasteiger partial charge in [0.25, 0.3) is 0 Å². The number of carboxylic acid groups (broad SMARTS) is 1. The Morgan fingerprint density at radius 1 is 1.14 bits per heavy atom. The molecule has 1 amide bonds. The van der Waals surface area contributed by atoms with Gasteiger partial charge in [0.2, 0.25) is 11.8 Å². The molecular formula is C30H36N2O5. The molecule has 1 N–H and O–H groups in total. The number of unbranched alkanes of at least 4 members (excludes halogenated alkanes) is 2. The van der Waals surface area contributed by atoms with Gasteiger partial charge in [-0.1, -0.05) is 51.0 Å². The minimum Gasteiger partial charge on any atom is -0.493 e. The lowest BCUT2D eigenvalue weighted by molar-refractivity contribution is -0.154. The highest BCUT2D eigenvalue weighted by atomic mass is 16.5. The number of oxazole rings is 1. The Balaban J connectivity index is 1.48. The third kappa shape index (κ3) is 6.04. The van der Waals surface area contributed by atoms with Crippen LogP contribution >= 0.6 is 0 Å². The quantitative estimate of drug-likeness (QED) is 0.315. The maximum absolute atomic E-state index is 13.1. The van der Waals surface area contributed by atoms with Gasteiger partial charge >= 0.3 is 5.97 Å². The minimum absolute atomic E-state index is 0.0830. The Morgan fingerprint density at radius 2 is 1.92 bits per heavy atom. The molecular weight excluding hydrogens is 468 g/mol. The average molecular weight is 505 g/mol. The molecule has 2 atom stereocenters. The van der Waals surface area contributed by atoms with E-state index in [9.17, 15) is 14.7 Å². The molecule has 0 saturated heterocycles. The van der Waals surface area contributed by atoms with Gasteiger partial charge in [0.1, 0.15) is 11.5 Å². The van der Waals surface area contributed by atoms with E-state index >= 15 is 0 Å². The number of carboxylic acids is 1. The predicted molar refractivity (Wildman–Crippen MR) is 141 cm³/mol. The fourth-order valence-electron chi connectivity index (χ4n) is 5.04. The Hall–Kier alpha value is -3.61. The second kappa shape index (κ2) is 12.1. The number of rotatable bonds is 11. The fourth-order valence-corrected chi connectivity index (χ4v) is 5.04. The summed E-state index contributed by atoms with van der Waals surface area (Å²) in [5.74, 6) is 0.831. The first-order valence-corrected chi connectivity index (χ1v) is 13.2. The summed E-state index contributed by atoms with van der Waals surface area (Å²) in [5.41, 5.74) is 3.35. The third-order valence-corrected chi connectivity index (χ3v) is 7.05. The van der Waals surface area contributed by atoms with Crippen LogP contribution in [0, 0.1) is 6.92 Å². The van der Waals surface area contributed by atoms with E-state index in [0.717, 1.165) is 41.8 Å². The molecule has 0 saturated carbocycles. The van der Waals surface area contributed by atoms with Crippen LogP contribution in [0.3, 0.4) is 0 Å². The normalized spacial score (nSPS) is 16.9. The molecule has 2 aromatic carbocycles. The second-order valence-electron chi connectivity index (χ2n) is 9.61. The molecule has 3 aromatic rings. The van der Waals surface area contributed by atoms with Crippen LogP contribution in [0.1, 0.15) is 74.6 Å². The first-order chi connectivity index (χ1) is 17.9. The van der Waals surface area contributed by atoms with Crippen molar-refractivity contribution in [2.75, 3.05) is 6.61 Å². The molecule has 7 heteroatoms. The van der Waals surface area contributed by atoms with Crippen LogP contribution in [0.15, 0.2) is 52.9 Å². The van der Waals surface area contributed by atoms with Gasteiger partial charge < -0.3 is 19.2 Å². The largest absolute Gasteiger partial charge is 0.493 e. The van der Waals surface area contributed by atoms with Crippen LogP contribution in [0.4, 0.5) is 0 Å². The molecule has 0 aliphatic carbocycles. The van der Waals surface area contributed by atoms with E-state index in [4.69, 9.17) is 9.15 Å². The van der Waals surface area contributed by atoms with E-state index in [1.54, 1.807) is 11.0 Å². The highest BCUT2D eigenvalue weighted by molar-refractivity contribution is 5.86. The number of hydrogen-bond donors (Lipinski definition) is 1. The van der Waals surface area contributed by atoms with Crippen molar-refractivity contribution in [2.24, 2.45) is 0 Å². The van der Waals surface area contributed by atoms with Gasteiger partial charge in [0.15, 0.2) is 6.04 Å². The average Bonchev–Trinajstić information content (AvgIpc) is 3.28.